The molecule has 100 valence electrons. The number of ether oxygens (including phenoxy) is 1. The number of halogens is 2. The SMILES string of the molecule is CCOCCNC(=O)C(O)c1cc(Cl)cc(Cl)c1. The molecule has 0 saturated heterocycles. The number of carbonyl (C=O) groups is 1. The molecule has 0 heterocycles. The maximum atomic E-state index is 11.6. The summed E-state index contributed by atoms with van der Waals surface area (Å²) in [5, 5.41) is 13.1. The van der Waals surface area contributed by atoms with Gasteiger partial charge in [-0.05, 0) is 30.7 Å². The largest absolute Gasteiger partial charge is 0.380 e. The van der Waals surface area contributed by atoms with Crippen molar-refractivity contribution in [1.29, 1.82) is 0 Å². The lowest BCUT2D eigenvalue weighted by Gasteiger charge is -2.12. The van der Waals surface area contributed by atoms with Gasteiger partial charge in [0.1, 0.15) is 0 Å². The lowest BCUT2D eigenvalue weighted by Crippen LogP contribution is -2.32. The molecule has 0 bridgehead atoms. The maximum absolute atomic E-state index is 11.6. The van der Waals surface area contributed by atoms with Gasteiger partial charge in [0.05, 0.1) is 6.61 Å². The Balaban J connectivity index is 2.57. The fourth-order valence-corrected chi connectivity index (χ4v) is 1.91. The summed E-state index contributed by atoms with van der Waals surface area (Å²) in [6, 6.07) is 4.53. The minimum Gasteiger partial charge on any atom is -0.380 e. The third-order valence-corrected chi connectivity index (χ3v) is 2.64. The number of nitrogens with one attached hydrogen (secondary N) is 1. The van der Waals surface area contributed by atoms with Crippen molar-refractivity contribution >= 4 is 29.1 Å². The van der Waals surface area contributed by atoms with Gasteiger partial charge in [-0.25, -0.2) is 0 Å². The lowest BCUT2D eigenvalue weighted by molar-refractivity contribution is -0.129. The van der Waals surface area contributed by atoms with E-state index in [4.69, 9.17) is 27.9 Å². The van der Waals surface area contributed by atoms with Gasteiger partial charge in [-0.3, -0.25) is 4.79 Å². The Bertz CT molecular complexity index is 392. The van der Waals surface area contributed by atoms with Crippen molar-refractivity contribution < 1.29 is 14.6 Å². The van der Waals surface area contributed by atoms with Crippen LogP contribution >= 0.6 is 23.2 Å². The first kappa shape index (κ1) is 15.2. The van der Waals surface area contributed by atoms with Gasteiger partial charge in [-0.15, -0.1) is 0 Å². The molecule has 0 radical (unpaired) electrons. The molecule has 18 heavy (non-hydrogen) atoms. The van der Waals surface area contributed by atoms with Crippen LogP contribution in [0.2, 0.25) is 10.0 Å². The molecule has 0 spiro atoms. The highest BCUT2D eigenvalue weighted by Crippen LogP contribution is 2.23. The molecule has 0 saturated carbocycles. The first-order valence-corrected chi connectivity index (χ1v) is 6.29. The van der Waals surface area contributed by atoms with Crippen LogP contribution in [0.15, 0.2) is 18.2 Å². The van der Waals surface area contributed by atoms with Crippen molar-refractivity contribution in [3.63, 3.8) is 0 Å². The smallest absolute Gasteiger partial charge is 0.253 e. The Morgan fingerprint density at radius 2 is 2.00 bits per heavy atom. The molecule has 0 fully saturated rings. The van der Waals surface area contributed by atoms with Crippen LogP contribution in [0.3, 0.4) is 0 Å². The van der Waals surface area contributed by atoms with Gasteiger partial charge in [0, 0.05) is 23.2 Å². The molecule has 0 aliphatic heterocycles. The average Bonchev–Trinajstić information content (AvgIpc) is 2.32. The Hall–Kier alpha value is -0.810. The predicted molar refractivity (Wildman–Crippen MR) is 70.9 cm³/mol. The second-order valence-electron chi connectivity index (χ2n) is 3.59. The third kappa shape index (κ3) is 4.82. The topological polar surface area (TPSA) is 58.6 Å². The van der Waals surface area contributed by atoms with Crippen LogP contribution in [0, 0.1) is 0 Å². The van der Waals surface area contributed by atoms with Gasteiger partial charge in [-0.1, -0.05) is 23.2 Å². The standard InChI is InChI=1S/C12H15Cl2NO3/c1-2-18-4-3-15-12(17)11(16)8-5-9(13)7-10(14)6-8/h5-7,11,16H,2-4H2,1H3,(H,15,17). The molecule has 1 amide bonds. The van der Waals surface area contributed by atoms with Crippen molar-refractivity contribution in [2.24, 2.45) is 0 Å². The van der Waals surface area contributed by atoms with E-state index in [1.54, 1.807) is 0 Å². The van der Waals surface area contributed by atoms with Crippen LogP contribution in [-0.2, 0) is 9.53 Å². The summed E-state index contributed by atoms with van der Waals surface area (Å²) in [6.45, 7) is 3.20. The summed E-state index contributed by atoms with van der Waals surface area (Å²) in [5.41, 5.74) is 0.362. The molecule has 1 aromatic carbocycles. The van der Waals surface area contributed by atoms with Crippen molar-refractivity contribution in [2.45, 2.75) is 13.0 Å². The monoisotopic (exact) mass is 291 g/mol. The third-order valence-electron chi connectivity index (χ3n) is 2.20. The van der Waals surface area contributed by atoms with E-state index in [0.717, 1.165) is 0 Å². The molecule has 1 aromatic rings. The van der Waals surface area contributed by atoms with Crippen molar-refractivity contribution in [2.75, 3.05) is 19.8 Å². The predicted octanol–water partition coefficient (Wildman–Crippen LogP) is 2.18. The van der Waals surface area contributed by atoms with Crippen LogP contribution in [0.1, 0.15) is 18.6 Å². The first-order chi connectivity index (χ1) is 8.54. The lowest BCUT2D eigenvalue weighted by atomic mass is 10.1. The van der Waals surface area contributed by atoms with Crippen LogP contribution < -0.4 is 5.32 Å². The summed E-state index contributed by atoms with van der Waals surface area (Å²) in [5.74, 6) is -0.506. The number of carbonyl (C=O) groups excluding carboxylic acids is 1. The molecule has 2 N–H and O–H groups in total. The van der Waals surface area contributed by atoms with Gasteiger partial charge in [0.2, 0.25) is 0 Å². The Kier molecular flexibility index (Phi) is 6.43. The normalized spacial score (nSPS) is 12.2. The van der Waals surface area contributed by atoms with Gasteiger partial charge in [-0.2, -0.15) is 0 Å². The summed E-state index contributed by atoms with van der Waals surface area (Å²) in [4.78, 5) is 11.6. The molecule has 1 rings (SSSR count). The highest BCUT2D eigenvalue weighted by Gasteiger charge is 2.17. The second-order valence-corrected chi connectivity index (χ2v) is 4.47. The molecule has 4 nitrogen and oxygen atoms in total. The molecule has 0 aliphatic carbocycles. The number of benzene rings is 1. The number of hydrogen-bond donors (Lipinski definition) is 2. The highest BCUT2D eigenvalue weighted by molar-refractivity contribution is 6.34. The van der Waals surface area contributed by atoms with Gasteiger partial charge in [0.15, 0.2) is 6.10 Å². The fraction of sp³-hybridized carbons (Fsp3) is 0.417. The molecule has 0 aliphatic rings. The van der Waals surface area contributed by atoms with E-state index in [9.17, 15) is 9.90 Å². The van der Waals surface area contributed by atoms with Crippen LogP contribution in [0.25, 0.3) is 0 Å². The second kappa shape index (κ2) is 7.59. The maximum Gasteiger partial charge on any atom is 0.253 e. The number of amides is 1. The van der Waals surface area contributed by atoms with E-state index in [1.165, 1.54) is 18.2 Å². The molecular weight excluding hydrogens is 277 g/mol. The zero-order valence-corrected chi connectivity index (χ0v) is 11.5. The van der Waals surface area contributed by atoms with Crippen LogP contribution in [-0.4, -0.2) is 30.8 Å². The van der Waals surface area contributed by atoms with Gasteiger partial charge < -0.3 is 15.2 Å². The summed E-state index contributed by atoms with van der Waals surface area (Å²) < 4.78 is 5.07. The quantitative estimate of drug-likeness (QED) is 0.790. The summed E-state index contributed by atoms with van der Waals surface area (Å²) in [6.07, 6.45) is -1.29. The van der Waals surface area contributed by atoms with Crippen molar-refractivity contribution in [3.8, 4) is 0 Å². The highest BCUT2D eigenvalue weighted by atomic mass is 35.5. The summed E-state index contributed by atoms with van der Waals surface area (Å²) in [7, 11) is 0. The average molecular weight is 292 g/mol. The van der Waals surface area contributed by atoms with E-state index in [1.807, 2.05) is 6.92 Å². The fourth-order valence-electron chi connectivity index (χ4n) is 1.37. The number of rotatable bonds is 6. The molecule has 1 unspecified atom stereocenters. The minimum absolute atomic E-state index is 0.345. The van der Waals surface area contributed by atoms with Crippen molar-refractivity contribution in [1.82, 2.24) is 5.32 Å². The molecular formula is C12H15Cl2NO3. The van der Waals surface area contributed by atoms with E-state index in [-0.39, 0.29) is 0 Å². The molecule has 1 atom stereocenters. The van der Waals surface area contributed by atoms with Gasteiger partial charge in [0.25, 0.3) is 5.91 Å². The number of hydrogen-bond acceptors (Lipinski definition) is 3. The van der Waals surface area contributed by atoms with Crippen LogP contribution in [0.5, 0.6) is 0 Å². The first-order valence-electron chi connectivity index (χ1n) is 5.54. The summed E-state index contributed by atoms with van der Waals surface area (Å²) >= 11 is 11.6. The van der Waals surface area contributed by atoms with Crippen LogP contribution in [0.4, 0.5) is 0 Å². The van der Waals surface area contributed by atoms with E-state index in [0.29, 0.717) is 35.4 Å². The molecule has 6 heteroatoms. The van der Waals surface area contributed by atoms with E-state index < -0.39 is 12.0 Å². The van der Waals surface area contributed by atoms with Crippen molar-refractivity contribution in [3.05, 3.63) is 33.8 Å². The zero-order chi connectivity index (χ0) is 13.5. The number of aliphatic hydroxyl groups is 1. The Morgan fingerprint density at radius 3 is 2.56 bits per heavy atom. The van der Waals surface area contributed by atoms with E-state index in [2.05, 4.69) is 5.32 Å². The molecule has 0 aromatic heterocycles. The zero-order valence-electron chi connectivity index (χ0n) is 9.95. The van der Waals surface area contributed by atoms with E-state index >= 15 is 0 Å². The van der Waals surface area contributed by atoms with Gasteiger partial charge >= 0.3 is 0 Å². The minimum atomic E-state index is -1.29. The Labute approximate surface area is 116 Å². The Morgan fingerprint density at radius 1 is 1.39 bits per heavy atom. The number of aliphatic hydroxyl groups excluding tert-OH is 1.